The highest BCUT2D eigenvalue weighted by molar-refractivity contribution is 14.1. The maximum absolute atomic E-state index is 11.4. The zero-order valence-electron chi connectivity index (χ0n) is 6.23. The summed E-state index contributed by atoms with van der Waals surface area (Å²) in [5.74, 6) is 0.188. The summed E-state index contributed by atoms with van der Waals surface area (Å²) in [6.45, 7) is 0. The molecule has 1 aliphatic carbocycles. The first-order valence-electron chi connectivity index (χ1n) is 3.70. The second-order valence-corrected chi connectivity index (χ2v) is 4.38. The summed E-state index contributed by atoms with van der Waals surface area (Å²) in [6.07, 6.45) is 1.47. The molecule has 0 fully saturated rings. The quantitative estimate of drug-likeness (QED) is 0.672. The standard InChI is InChI=1S/C9H6ClIO/c10-6-2-3-7(11)5-1-4-8(12)9(5)6/h2-3H,1,4H2. The number of carbonyl (C=O) groups excluding carboxylic acids is 1. The summed E-state index contributed by atoms with van der Waals surface area (Å²) in [7, 11) is 0. The molecule has 1 aromatic rings. The van der Waals surface area contributed by atoms with Gasteiger partial charge < -0.3 is 0 Å². The van der Waals surface area contributed by atoms with Crippen molar-refractivity contribution >= 4 is 40.0 Å². The zero-order chi connectivity index (χ0) is 8.72. The van der Waals surface area contributed by atoms with Crippen LogP contribution in [0.5, 0.6) is 0 Å². The molecule has 62 valence electrons. The Morgan fingerprint density at radius 2 is 2.08 bits per heavy atom. The van der Waals surface area contributed by atoms with Crippen LogP contribution in [-0.2, 0) is 6.42 Å². The molecule has 0 saturated carbocycles. The monoisotopic (exact) mass is 292 g/mol. The van der Waals surface area contributed by atoms with Crippen LogP contribution in [0.2, 0.25) is 5.02 Å². The van der Waals surface area contributed by atoms with Crippen molar-refractivity contribution in [2.45, 2.75) is 12.8 Å². The molecule has 0 amide bonds. The molecular formula is C9H6ClIO. The van der Waals surface area contributed by atoms with Crippen LogP contribution in [0.1, 0.15) is 22.3 Å². The third kappa shape index (κ3) is 1.17. The van der Waals surface area contributed by atoms with Gasteiger partial charge in [0.15, 0.2) is 5.78 Å². The van der Waals surface area contributed by atoms with Crippen LogP contribution in [0.15, 0.2) is 12.1 Å². The van der Waals surface area contributed by atoms with Gasteiger partial charge in [-0.25, -0.2) is 0 Å². The fourth-order valence-electron chi connectivity index (χ4n) is 1.50. The van der Waals surface area contributed by atoms with Gasteiger partial charge in [0, 0.05) is 15.6 Å². The SMILES string of the molecule is O=C1CCc2c(I)ccc(Cl)c21. The maximum atomic E-state index is 11.4. The van der Waals surface area contributed by atoms with Crippen molar-refractivity contribution in [2.24, 2.45) is 0 Å². The molecule has 0 unspecified atom stereocenters. The average Bonchev–Trinajstić information content (AvgIpc) is 2.42. The molecule has 0 bridgehead atoms. The molecule has 12 heavy (non-hydrogen) atoms. The van der Waals surface area contributed by atoms with Crippen LogP contribution in [-0.4, -0.2) is 5.78 Å². The van der Waals surface area contributed by atoms with E-state index < -0.39 is 0 Å². The van der Waals surface area contributed by atoms with E-state index >= 15 is 0 Å². The number of halogens is 2. The molecule has 3 heteroatoms. The molecule has 1 aromatic carbocycles. The molecule has 0 heterocycles. The van der Waals surface area contributed by atoms with Crippen LogP contribution < -0.4 is 0 Å². The minimum atomic E-state index is 0.188. The van der Waals surface area contributed by atoms with E-state index in [1.807, 2.05) is 6.07 Å². The van der Waals surface area contributed by atoms with E-state index in [0.29, 0.717) is 11.4 Å². The summed E-state index contributed by atoms with van der Waals surface area (Å²) in [5, 5.41) is 0.605. The summed E-state index contributed by atoms with van der Waals surface area (Å²) >= 11 is 8.15. The third-order valence-corrected chi connectivity index (χ3v) is 3.41. The molecule has 0 aromatic heterocycles. The zero-order valence-corrected chi connectivity index (χ0v) is 9.15. The third-order valence-electron chi connectivity index (χ3n) is 2.09. The van der Waals surface area contributed by atoms with E-state index in [9.17, 15) is 4.79 Å². The van der Waals surface area contributed by atoms with Gasteiger partial charge in [0.05, 0.1) is 5.02 Å². The number of hydrogen-bond donors (Lipinski definition) is 0. The Labute approximate surface area is 89.2 Å². The topological polar surface area (TPSA) is 17.1 Å². The van der Waals surface area contributed by atoms with E-state index in [1.54, 1.807) is 6.07 Å². The summed E-state index contributed by atoms with van der Waals surface area (Å²) in [4.78, 5) is 11.4. The molecule has 2 rings (SSSR count). The second-order valence-electron chi connectivity index (χ2n) is 2.81. The largest absolute Gasteiger partial charge is 0.294 e. The molecule has 0 spiro atoms. The van der Waals surface area contributed by atoms with Gasteiger partial charge in [-0.15, -0.1) is 0 Å². The predicted octanol–water partition coefficient (Wildman–Crippen LogP) is 3.07. The van der Waals surface area contributed by atoms with Crippen LogP contribution in [0.25, 0.3) is 0 Å². The van der Waals surface area contributed by atoms with E-state index in [0.717, 1.165) is 21.1 Å². The molecule has 1 nitrogen and oxygen atoms in total. The molecule has 0 saturated heterocycles. The van der Waals surface area contributed by atoms with Crippen molar-refractivity contribution in [3.8, 4) is 0 Å². The Bertz CT molecular complexity index is 360. The lowest BCUT2D eigenvalue weighted by Crippen LogP contribution is -1.93. The highest BCUT2D eigenvalue weighted by Crippen LogP contribution is 2.31. The molecule has 1 aliphatic rings. The fourth-order valence-corrected chi connectivity index (χ4v) is 2.50. The minimum absolute atomic E-state index is 0.188. The molecule has 0 aliphatic heterocycles. The van der Waals surface area contributed by atoms with E-state index in [2.05, 4.69) is 22.6 Å². The van der Waals surface area contributed by atoms with Crippen LogP contribution in [0, 0.1) is 3.57 Å². The molecule has 0 atom stereocenters. The number of fused-ring (bicyclic) bond motifs is 1. The van der Waals surface area contributed by atoms with Crippen molar-refractivity contribution in [2.75, 3.05) is 0 Å². The first kappa shape index (κ1) is 8.51. The Morgan fingerprint density at radius 3 is 2.75 bits per heavy atom. The van der Waals surface area contributed by atoms with Gasteiger partial charge in [-0.3, -0.25) is 4.79 Å². The van der Waals surface area contributed by atoms with Crippen molar-refractivity contribution in [3.63, 3.8) is 0 Å². The van der Waals surface area contributed by atoms with Gasteiger partial charge in [0.1, 0.15) is 0 Å². The highest BCUT2D eigenvalue weighted by atomic mass is 127. The number of ketones is 1. The predicted molar refractivity (Wildman–Crippen MR) is 56.8 cm³/mol. The van der Waals surface area contributed by atoms with Gasteiger partial charge in [-0.1, -0.05) is 11.6 Å². The summed E-state index contributed by atoms with van der Waals surface area (Å²) in [5.41, 5.74) is 1.89. The molecule has 0 N–H and O–H groups in total. The fraction of sp³-hybridized carbons (Fsp3) is 0.222. The Kier molecular flexibility index (Phi) is 2.12. The summed E-state index contributed by atoms with van der Waals surface area (Å²) in [6, 6.07) is 3.76. The van der Waals surface area contributed by atoms with E-state index in [-0.39, 0.29) is 5.78 Å². The van der Waals surface area contributed by atoms with Gasteiger partial charge in [-0.2, -0.15) is 0 Å². The Hall–Kier alpha value is -0.0900. The Balaban J connectivity index is 2.72. The smallest absolute Gasteiger partial charge is 0.165 e. The lowest BCUT2D eigenvalue weighted by molar-refractivity contribution is 0.0994. The van der Waals surface area contributed by atoms with Gasteiger partial charge in [0.25, 0.3) is 0 Å². The first-order chi connectivity index (χ1) is 5.70. The lowest BCUT2D eigenvalue weighted by atomic mass is 10.1. The second kappa shape index (κ2) is 3.00. The van der Waals surface area contributed by atoms with Crippen LogP contribution >= 0.6 is 34.2 Å². The number of rotatable bonds is 0. The van der Waals surface area contributed by atoms with Crippen LogP contribution in [0.3, 0.4) is 0 Å². The number of carbonyl (C=O) groups is 1. The van der Waals surface area contributed by atoms with Crippen molar-refractivity contribution in [1.82, 2.24) is 0 Å². The van der Waals surface area contributed by atoms with E-state index in [1.165, 1.54) is 0 Å². The number of Topliss-reactive ketones (excluding diaryl/α,β-unsaturated/α-hetero) is 1. The maximum Gasteiger partial charge on any atom is 0.165 e. The van der Waals surface area contributed by atoms with Gasteiger partial charge >= 0.3 is 0 Å². The van der Waals surface area contributed by atoms with Gasteiger partial charge in [-0.05, 0) is 46.7 Å². The van der Waals surface area contributed by atoms with Crippen LogP contribution in [0.4, 0.5) is 0 Å². The number of benzene rings is 1. The van der Waals surface area contributed by atoms with Crippen molar-refractivity contribution in [3.05, 3.63) is 31.9 Å². The molecule has 0 radical (unpaired) electrons. The normalized spacial score (nSPS) is 15.0. The number of hydrogen-bond acceptors (Lipinski definition) is 1. The van der Waals surface area contributed by atoms with Crippen molar-refractivity contribution < 1.29 is 4.79 Å². The first-order valence-corrected chi connectivity index (χ1v) is 5.16. The average molecular weight is 293 g/mol. The van der Waals surface area contributed by atoms with E-state index in [4.69, 9.17) is 11.6 Å². The molecular weight excluding hydrogens is 286 g/mol. The highest BCUT2D eigenvalue weighted by Gasteiger charge is 2.23. The van der Waals surface area contributed by atoms with Gasteiger partial charge in [0.2, 0.25) is 0 Å². The Morgan fingerprint density at radius 1 is 1.33 bits per heavy atom. The minimum Gasteiger partial charge on any atom is -0.294 e. The summed E-state index contributed by atoms with van der Waals surface area (Å²) < 4.78 is 1.15. The lowest BCUT2D eigenvalue weighted by Gasteiger charge is -2.01. The van der Waals surface area contributed by atoms with Crippen molar-refractivity contribution in [1.29, 1.82) is 0 Å².